The van der Waals surface area contributed by atoms with Crippen molar-refractivity contribution in [1.82, 2.24) is 5.32 Å². The standard InChI is InChI=1S/C13H16N2O3/c14-13(7-4-8-13)12(18)15-10(11(16)17)9-5-2-1-3-6-9/h1-3,5-6,10H,4,7-8,14H2,(H,15,18)(H,16,17)/t10-/m1/s1. The second kappa shape index (κ2) is 4.78. The zero-order chi connectivity index (χ0) is 13.2. The fourth-order valence-electron chi connectivity index (χ4n) is 1.99. The molecule has 5 nitrogen and oxygen atoms in total. The summed E-state index contributed by atoms with van der Waals surface area (Å²) in [6.45, 7) is 0. The molecule has 0 spiro atoms. The molecule has 1 amide bonds. The van der Waals surface area contributed by atoms with E-state index in [-0.39, 0.29) is 5.91 Å². The van der Waals surface area contributed by atoms with E-state index in [0.717, 1.165) is 6.42 Å². The van der Waals surface area contributed by atoms with Crippen LogP contribution in [0.25, 0.3) is 0 Å². The topological polar surface area (TPSA) is 92.4 Å². The van der Waals surface area contributed by atoms with Crippen LogP contribution in [0.3, 0.4) is 0 Å². The Morgan fingerprint density at radius 3 is 2.33 bits per heavy atom. The van der Waals surface area contributed by atoms with Crippen LogP contribution in [0.4, 0.5) is 0 Å². The molecule has 0 radical (unpaired) electrons. The molecule has 1 aliphatic rings. The number of carbonyl (C=O) groups excluding carboxylic acids is 1. The molecule has 0 unspecified atom stereocenters. The highest BCUT2D eigenvalue weighted by atomic mass is 16.4. The SMILES string of the molecule is NC1(C(=O)N[C@@H](C(=O)O)c2ccccc2)CCC1. The first kappa shape index (κ1) is 12.6. The van der Waals surface area contributed by atoms with Gasteiger partial charge in [-0.05, 0) is 24.8 Å². The van der Waals surface area contributed by atoms with E-state index < -0.39 is 17.6 Å². The Bertz CT molecular complexity index is 455. The summed E-state index contributed by atoms with van der Waals surface area (Å²) in [7, 11) is 0. The van der Waals surface area contributed by atoms with Gasteiger partial charge in [0.2, 0.25) is 5.91 Å². The van der Waals surface area contributed by atoms with Gasteiger partial charge in [0.25, 0.3) is 0 Å². The van der Waals surface area contributed by atoms with Crippen LogP contribution in [0.2, 0.25) is 0 Å². The zero-order valence-electron chi connectivity index (χ0n) is 9.93. The second-order valence-corrected chi connectivity index (χ2v) is 4.67. The Labute approximate surface area is 105 Å². The van der Waals surface area contributed by atoms with Crippen LogP contribution in [-0.4, -0.2) is 22.5 Å². The Morgan fingerprint density at radius 1 is 1.28 bits per heavy atom. The van der Waals surface area contributed by atoms with Crippen LogP contribution in [0.1, 0.15) is 30.9 Å². The lowest BCUT2D eigenvalue weighted by atomic mass is 9.77. The van der Waals surface area contributed by atoms with E-state index in [4.69, 9.17) is 5.73 Å². The molecule has 0 heterocycles. The Kier molecular flexibility index (Phi) is 3.34. The molecule has 18 heavy (non-hydrogen) atoms. The Morgan fingerprint density at radius 2 is 1.89 bits per heavy atom. The number of nitrogens with one attached hydrogen (secondary N) is 1. The molecule has 1 aromatic carbocycles. The third-order valence-corrected chi connectivity index (χ3v) is 3.35. The summed E-state index contributed by atoms with van der Waals surface area (Å²) in [6.07, 6.45) is 2.13. The van der Waals surface area contributed by atoms with Crippen molar-refractivity contribution in [3.05, 3.63) is 35.9 Å². The monoisotopic (exact) mass is 248 g/mol. The zero-order valence-corrected chi connectivity index (χ0v) is 9.93. The molecule has 0 aliphatic heterocycles. The van der Waals surface area contributed by atoms with Gasteiger partial charge in [-0.3, -0.25) is 4.79 Å². The van der Waals surface area contributed by atoms with Crippen LogP contribution in [0, 0.1) is 0 Å². The highest BCUT2D eigenvalue weighted by molar-refractivity contribution is 5.91. The van der Waals surface area contributed by atoms with Gasteiger partial charge in [-0.15, -0.1) is 0 Å². The normalized spacial score (nSPS) is 18.5. The first-order chi connectivity index (χ1) is 8.53. The minimum absolute atomic E-state index is 0.384. The van der Waals surface area contributed by atoms with Gasteiger partial charge in [-0.2, -0.15) is 0 Å². The van der Waals surface area contributed by atoms with Gasteiger partial charge in [0.15, 0.2) is 6.04 Å². The summed E-state index contributed by atoms with van der Waals surface area (Å²) in [5.74, 6) is -1.47. The van der Waals surface area contributed by atoms with Crippen molar-refractivity contribution in [2.45, 2.75) is 30.8 Å². The van der Waals surface area contributed by atoms with Gasteiger partial charge >= 0.3 is 5.97 Å². The lowest BCUT2D eigenvalue weighted by Crippen LogP contribution is -2.59. The summed E-state index contributed by atoms with van der Waals surface area (Å²) in [5.41, 5.74) is 5.52. The van der Waals surface area contributed by atoms with Gasteiger partial charge in [-0.25, -0.2) is 4.79 Å². The fourth-order valence-corrected chi connectivity index (χ4v) is 1.99. The van der Waals surface area contributed by atoms with Crippen molar-refractivity contribution in [3.8, 4) is 0 Å². The molecule has 0 aromatic heterocycles. The largest absolute Gasteiger partial charge is 0.479 e. The quantitative estimate of drug-likeness (QED) is 0.735. The molecule has 1 aromatic rings. The first-order valence-corrected chi connectivity index (χ1v) is 5.90. The van der Waals surface area contributed by atoms with E-state index in [1.165, 1.54) is 0 Å². The minimum Gasteiger partial charge on any atom is -0.479 e. The maximum Gasteiger partial charge on any atom is 0.330 e. The summed E-state index contributed by atoms with van der Waals surface area (Å²) in [6, 6.07) is 7.56. The fraction of sp³-hybridized carbons (Fsp3) is 0.385. The molecular weight excluding hydrogens is 232 g/mol. The van der Waals surface area contributed by atoms with Crippen LogP contribution in [-0.2, 0) is 9.59 Å². The van der Waals surface area contributed by atoms with E-state index in [0.29, 0.717) is 18.4 Å². The van der Waals surface area contributed by atoms with Gasteiger partial charge in [0.1, 0.15) is 0 Å². The molecule has 1 aliphatic carbocycles. The van der Waals surface area contributed by atoms with Crippen LogP contribution >= 0.6 is 0 Å². The number of carboxylic acids is 1. The number of carbonyl (C=O) groups is 2. The molecule has 4 N–H and O–H groups in total. The molecule has 0 saturated heterocycles. The highest BCUT2D eigenvalue weighted by Gasteiger charge is 2.41. The van der Waals surface area contributed by atoms with E-state index in [1.807, 2.05) is 0 Å². The second-order valence-electron chi connectivity index (χ2n) is 4.67. The molecule has 5 heteroatoms. The highest BCUT2D eigenvalue weighted by Crippen LogP contribution is 2.30. The Hall–Kier alpha value is -1.88. The lowest BCUT2D eigenvalue weighted by Gasteiger charge is -2.37. The average molecular weight is 248 g/mol. The summed E-state index contributed by atoms with van der Waals surface area (Å²) < 4.78 is 0. The van der Waals surface area contributed by atoms with Crippen molar-refractivity contribution in [2.75, 3.05) is 0 Å². The third-order valence-electron chi connectivity index (χ3n) is 3.35. The number of carboxylic acid groups (broad SMARTS) is 1. The number of hydrogen-bond acceptors (Lipinski definition) is 3. The molecule has 0 bridgehead atoms. The summed E-state index contributed by atoms with van der Waals surface area (Å²) in [4.78, 5) is 23.1. The van der Waals surface area contributed by atoms with Gasteiger partial charge < -0.3 is 16.2 Å². The van der Waals surface area contributed by atoms with Gasteiger partial charge in [0, 0.05) is 0 Å². The van der Waals surface area contributed by atoms with Crippen LogP contribution in [0.5, 0.6) is 0 Å². The molecule has 96 valence electrons. The van der Waals surface area contributed by atoms with Crippen molar-refractivity contribution < 1.29 is 14.7 Å². The van der Waals surface area contributed by atoms with Gasteiger partial charge in [0.05, 0.1) is 5.54 Å². The maximum atomic E-state index is 11.9. The number of rotatable bonds is 4. The molecule has 1 atom stereocenters. The smallest absolute Gasteiger partial charge is 0.330 e. The van der Waals surface area contributed by atoms with Crippen LogP contribution < -0.4 is 11.1 Å². The van der Waals surface area contributed by atoms with Crippen molar-refractivity contribution in [3.63, 3.8) is 0 Å². The van der Waals surface area contributed by atoms with Crippen LogP contribution in [0.15, 0.2) is 30.3 Å². The van der Waals surface area contributed by atoms with Gasteiger partial charge in [-0.1, -0.05) is 30.3 Å². The molecule has 1 saturated carbocycles. The van der Waals surface area contributed by atoms with E-state index >= 15 is 0 Å². The number of aliphatic carboxylic acids is 1. The summed E-state index contributed by atoms with van der Waals surface area (Å²) >= 11 is 0. The van der Waals surface area contributed by atoms with E-state index in [9.17, 15) is 14.7 Å². The number of benzene rings is 1. The molecular formula is C13H16N2O3. The molecule has 1 fully saturated rings. The van der Waals surface area contributed by atoms with Crippen molar-refractivity contribution in [2.24, 2.45) is 5.73 Å². The predicted molar refractivity (Wildman–Crippen MR) is 65.7 cm³/mol. The van der Waals surface area contributed by atoms with Crippen molar-refractivity contribution >= 4 is 11.9 Å². The average Bonchev–Trinajstić information content (AvgIpc) is 2.33. The van der Waals surface area contributed by atoms with E-state index in [1.54, 1.807) is 30.3 Å². The minimum atomic E-state index is -1.09. The van der Waals surface area contributed by atoms with E-state index in [2.05, 4.69) is 5.32 Å². The first-order valence-electron chi connectivity index (χ1n) is 5.90. The summed E-state index contributed by atoms with van der Waals surface area (Å²) in [5, 5.41) is 11.7. The number of hydrogen-bond donors (Lipinski definition) is 3. The third kappa shape index (κ3) is 2.36. The number of nitrogens with two attached hydrogens (primary N) is 1. The maximum absolute atomic E-state index is 11.9. The van der Waals surface area contributed by atoms with Crippen molar-refractivity contribution in [1.29, 1.82) is 0 Å². The number of amides is 1. The predicted octanol–water partition coefficient (Wildman–Crippen LogP) is 0.810. The molecule has 2 rings (SSSR count). The lowest BCUT2D eigenvalue weighted by molar-refractivity contribution is -0.143. The Balaban J connectivity index is 2.13.